The van der Waals surface area contributed by atoms with E-state index in [1.165, 1.54) is 83.5 Å². The Hall–Kier alpha value is -0.0400. The normalized spacial score (nSPS) is 14.5. The molecule has 1 nitrogen and oxygen atoms in total. The summed E-state index contributed by atoms with van der Waals surface area (Å²) < 4.78 is 0. The maximum Gasteiger partial charge on any atom is 0.0484 e. The van der Waals surface area contributed by atoms with Crippen molar-refractivity contribution in [3.63, 3.8) is 0 Å². The van der Waals surface area contributed by atoms with Gasteiger partial charge in [0.25, 0.3) is 0 Å². The summed E-state index contributed by atoms with van der Waals surface area (Å²) in [5.74, 6) is 0. The van der Waals surface area contributed by atoms with Gasteiger partial charge >= 0.3 is 0 Å². The topological polar surface area (TPSA) is 20.2 Å². The predicted molar refractivity (Wildman–Crippen MR) is 86.6 cm³/mol. The predicted octanol–water partition coefficient (Wildman–Crippen LogP) is 6.10. The van der Waals surface area contributed by atoms with Gasteiger partial charge in [-0.1, -0.05) is 91.4 Å². The Kier molecular flexibility index (Phi) is 12.9. The highest BCUT2D eigenvalue weighted by Crippen LogP contribution is 2.29. The van der Waals surface area contributed by atoms with Gasteiger partial charge < -0.3 is 5.11 Å². The largest absolute Gasteiger partial charge is 0.396 e. The third kappa shape index (κ3) is 11.5. The first kappa shape index (κ1) is 19.0. The van der Waals surface area contributed by atoms with E-state index >= 15 is 0 Å². The van der Waals surface area contributed by atoms with Crippen LogP contribution in [0.1, 0.15) is 104 Å². The lowest BCUT2D eigenvalue weighted by Crippen LogP contribution is -2.20. The van der Waals surface area contributed by atoms with Crippen molar-refractivity contribution in [2.75, 3.05) is 6.61 Å². The Morgan fingerprint density at radius 2 is 1.11 bits per heavy atom. The van der Waals surface area contributed by atoms with Crippen molar-refractivity contribution in [2.45, 2.75) is 104 Å². The van der Waals surface area contributed by atoms with Crippen LogP contribution in [0.15, 0.2) is 0 Å². The Morgan fingerprint density at radius 3 is 1.53 bits per heavy atom. The minimum atomic E-state index is 0.189. The Morgan fingerprint density at radius 1 is 0.632 bits per heavy atom. The van der Waals surface area contributed by atoms with Gasteiger partial charge in [0.15, 0.2) is 0 Å². The fraction of sp³-hybridized carbons (Fsp3) is 1.00. The number of unbranched alkanes of at least 4 members (excludes halogenated alkanes) is 9. The first-order chi connectivity index (χ1) is 9.18. The molecule has 0 fully saturated rings. The van der Waals surface area contributed by atoms with E-state index < -0.39 is 0 Å². The molecule has 0 rings (SSSR count). The lowest BCUT2D eigenvalue weighted by atomic mass is 9.81. The summed E-state index contributed by atoms with van der Waals surface area (Å²) in [6.07, 6.45) is 17.5. The van der Waals surface area contributed by atoms with E-state index in [2.05, 4.69) is 20.8 Å². The van der Waals surface area contributed by atoms with Crippen molar-refractivity contribution in [1.29, 1.82) is 0 Å². The molecule has 0 aromatic heterocycles. The highest BCUT2D eigenvalue weighted by Gasteiger charge is 2.21. The van der Waals surface area contributed by atoms with E-state index in [0.29, 0.717) is 6.61 Å². The van der Waals surface area contributed by atoms with Crippen LogP contribution in [0.3, 0.4) is 0 Å². The average Bonchev–Trinajstić information content (AvgIpc) is 2.41. The van der Waals surface area contributed by atoms with Crippen LogP contribution in [-0.4, -0.2) is 11.7 Å². The van der Waals surface area contributed by atoms with Crippen LogP contribution >= 0.6 is 0 Å². The van der Waals surface area contributed by atoms with Crippen LogP contribution in [0, 0.1) is 5.41 Å². The Bertz CT molecular complexity index is 179. The van der Waals surface area contributed by atoms with Crippen LogP contribution in [0.2, 0.25) is 0 Å². The molecule has 1 heteroatoms. The summed E-state index contributed by atoms with van der Waals surface area (Å²) in [7, 11) is 0. The van der Waals surface area contributed by atoms with Crippen molar-refractivity contribution >= 4 is 0 Å². The van der Waals surface area contributed by atoms with Gasteiger partial charge in [0.2, 0.25) is 0 Å². The first-order valence-electron chi connectivity index (χ1n) is 8.79. The standard InChI is InChI=1S/C18H38O/c1-4-6-7-8-9-10-11-12-13-14-16-18(3,17-19)15-5-2/h19H,4-17H2,1-3H3. The number of hydrogen-bond acceptors (Lipinski definition) is 1. The van der Waals surface area contributed by atoms with E-state index in [0.717, 1.165) is 0 Å². The fourth-order valence-electron chi connectivity index (χ4n) is 2.93. The van der Waals surface area contributed by atoms with E-state index in [9.17, 15) is 5.11 Å². The summed E-state index contributed by atoms with van der Waals surface area (Å²) in [6.45, 7) is 7.09. The number of aliphatic hydroxyl groups excluding tert-OH is 1. The maximum atomic E-state index is 9.46. The maximum absolute atomic E-state index is 9.46. The van der Waals surface area contributed by atoms with Crippen LogP contribution in [0.4, 0.5) is 0 Å². The van der Waals surface area contributed by atoms with Crippen molar-refractivity contribution in [3.8, 4) is 0 Å². The van der Waals surface area contributed by atoms with Crippen molar-refractivity contribution in [2.24, 2.45) is 5.41 Å². The zero-order valence-corrected chi connectivity index (χ0v) is 13.8. The smallest absolute Gasteiger partial charge is 0.0484 e. The van der Waals surface area contributed by atoms with Gasteiger partial charge in [0.1, 0.15) is 0 Å². The van der Waals surface area contributed by atoms with Crippen LogP contribution in [0.5, 0.6) is 0 Å². The highest BCUT2D eigenvalue weighted by atomic mass is 16.3. The molecule has 0 aliphatic rings. The molecule has 0 radical (unpaired) electrons. The third-order valence-electron chi connectivity index (χ3n) is 4.37. The SMILES string of the molecule is CCCCCCCCCCCCC(C)(CO)CCC. The summed E-state index contributed by atoms with van der Waals surface area (Å²) in [5, 5.41) is 9.46. The van der Waals surface area contributed by atoms with E-state index in [1.54, 1.807) is 0 Å². The molecule has 0 bridgehead atoms. The second-order valence-electron chi connectivity index (χ2n) is 6.65. The molecule has 1 N–H and O–H groups in total. The zero-order valence-electron chi connectivity index (χ0n) is 13.8. The molecule has 0 aliphatic carbocycles. The molecule has 0 aromatic carbocycles. The minimum Gasteiger partial charge on any atom is -0.396 e. The molecular formula is C18H38O. The zero-order chi connectivity index (χ0) is 14.4. The van der Waals surface area contributed by atoms with Gasteiger partial charge in [-0.3, -0.25) is 0 Å². The van der Waals surface area contributed by atoms with Crippen molar-refractivity contribution < 1.29 is 5.11 Å². The highest BCUT2D eigenvalue weighted by molar-refractivity contribution is 4.72. The molecule has 19 heavy (non-hydrogen) atoms. The molecule has 0 saturated heterocycles. The van der Waals surface area contributed by atoms with E-state index in [4.69, 9.17) is 0 Å². The quantitative estimate of drug-likeness (QED) is 0.378. The Balaban J connectivity index is 3.30. The average molecular weight is 271 g/mol. The van der Waals surface area contributed by atoms with Gasteiger partial charge in [0, 0.05) is 6.61 Å². The second-order valence-corrected chi connectivity index (χ2v) is 6.65. The van der Waals surface area contributed by atoms with Crippen LogP contribution in [-0.2, 0) is 0 Å². The van der Waals surface area contributed by atoms with Gasteiger partial charge in [-0.05, 0) is 18.3 Å². The number of rotatable bonds is 14. The third-order valence-corrected chi connectivity index (χ3v) is 4.37. The van der Waals surface area contributed by atoms with Gasteiger partial charge in [0.05, 0.1) is 0 Å². The molecule has 0 saturated carbocycles. The molecule has 0 amide bonds. The van der Waals surface area contributed by atoms with E-state index in [-0.39, 0.29) is 5.41 Å². The summed E-state index contributed by atoms with van der Waals surface area (Å²) >= 11 is 0. The monoisotopic (exact) mass is 270 g/mol. The molecule has 0 aromatic rings. The molecule has 0 spiro atoms. The molecule has 1 atom stereocenters. The number of hydrogen-bond donors (Lipinski definition) is 1. The molecule has 116 valence electrons. The molecule has 0 heterocycles. The molecular weight excluding hydrogens is 232 g/mol. The Labute approximate surface area is 122 Å². The summed E-state index contributed by atoms with van der Waals surface area (Å²) in [4.78, 5) is 0. The minimum absolute atomic E-state index is 0.189. The summed E-state index contributed by atoms with van der Waals surface area (Å²) in [6, 6.07) is 0. The van der Waals surface area contributed by atoms with Crippen LogP contribution < -0.4 is 0 Å². The lowest BCUT2D eigenvalue weighted by Gasteiger charge is -2.26. The van der Waals surface area contributed by atoms with E-state index in [1.807, 2.05) is 0 Å². The van der Waals surface area contributed by atoms with Crippen LogP contribution in [0.25, 0.3) is 0 Å². The van der Waals surface area contributed by atoms with Gasteiger partial charge in [-0.2, -0.15) is 0 Å². The lowest BCUT2D eigenvalue weighted by molar-refractivity contribution is 0.119. The van der Waals surface area contributed by atoms with Crippen molar-refractivity contribution in [1.82, 2.24) is 0 Å². The molecule has 0 aliphatic heterocycles. The fourth-order valence-corrected chi connectivity index (χ4v) is 2.93. The van der Waals surface area contributed by atoms with Crippen molar-refractivity contribution in [3.05, 3.63) is 0 Å². The second kappa shape index (κ2) is 13.0. The summed E-state index contributed by atoms with van der Waals surface area (Å²) in [5.41, 5.74) is 0.189. The van der Waals surface area contributed by atoms with Gasteiger partial charge in [-0.25, -0.2) is 0 Å². The molecule has 1 unspecified atom stereocenters. The van der Waals surface area contributed by atoms with Gasteiger partial charge in [-0.15, -0.1) is 0 Å². The first-order valence-corrected chi connectivity index (χ1v) is 8.79. The number of aliphatic hydroxyl groups is 1.